The standard InChI is InChI=1S/C18H25FN2OS.ClH/c1-23-16-6-5-15(19)9-14(16)10-21-18(22)13-7-11-3-2-4-12(8-13)17(11)20;/h5-6,9,11-13,17H,2-4,7-8,10,20H2,1H3,(H,21,22);1H. The quantitative estimate of drug-likeness (QED) is 0.791. The van der Waals surface area contributed by atoms with Crippen molar-refractivity contribution < 1.29 is 9.18 Å². The highest BCUT2D eigenvalue weighted by Gasteiger charge is 2.40. The Hall–Kier alpha value is -0.780. The minimum absolute atomic E-state index is 0. The molecule has 2 atom stereocenters. The Bertz CT molecular complexity index is 572. The van der Waals surface area contributed by atoms with Crippen molar-refractivity contribution >= 4 is 30.1 Å². The number of fused-ring (bicyclic) bond motifs is 2. The zero-order valence-corrected chi connectivity index (χ0v) is 15.6. The Balaban J connectivity index is 0.00000208. The minimum atomic E-state index is -0.259. The van der Waals surface area contributed by atoms with Crippen molar-refractivity contribution in [2.45, 2.75) is 49.6 Å². The van der Waals surface area contributed by atoms with Crippen molar-refractivity contribution in [3.63, 3.8) is 0 Å². The third kappa shape index (κ3) is 4.24. The predicted octanol–water partition coefficient (Wildman–Crippen LogP) is 3.74. The first-order chi connectivity index (χ1) is 11.1. The van der Waals surface area contributed by atoms with E-state index in [1.807, 2.05) is 6.26 Å². The number of amides is 1. The summed E-state index contributed by atoms with van der Waals surface area (Å²) in [5.41, 5.74) is 7.14. The molecule has 0 aromatic heterocycles. The average molecular weight is 373 g/mol. The van der Waals surface area contributed by atoms with Crippen LogP contribution in [-0.2, 0) is 11.3 Å². The van der Waals surface area contributed by atoms with Crippen LogP contribution in [0, 0.1) is 23.6 Å². The van der Waals surface area contributed by atoms with Crippen molar-refractivity contribution in [2.24, 2.45) is 23.5 Å². The molecule has 1 amide bonds. The molecule has 0 heterocycles. The zero-order chi connectivity index (χ0) is 16.4. The molecule has 2 fully saturated rings. The third-order valence-corrected chi connectivity index (χ3v) is 6.32. The molecule has 1 aromatic carbocycles. The summed E-state index contributed by atoms with van der Waals surface area (Å²) in [4.78, 5) is 13.5. The molecule has 6 heteroatoms. The Morgan fingerprint density at radius 2 is 2.00 bits per heavy atom. The molecule has 0 aliphatic heterocycles. The van der Waals surface area contributed by atoms with Crippen LogP contribution in [0.5, 0.6) is 0 Å². The SMILES string of the molecule is CSc1ccc(F)cc1CNC(=O)C1CC2CCCC(C1)C2N.Cl. The summed E-state index contributed by atoms with van der Waals surface area (Å²) < 4.78 is 13.4. The van der Waals surface area contributed by atoms with Gasteiger partial charge in [-0.15, -0.1) is 24.2 Å². The maximum atomic E-state index is 13.4. The van der Waals surface area contributed by atoms with Crippen LogP contribution in [0.3, 0.4) is 0 Å². The van der Waals surface area contributed by atoms with Crippen LogP contribution in [0.4, 0.5) is 4.39 Å². The second-order valence-corrected chi connectivity index (χ2v) is 7.72. The molecule has 24 heavy (non-hydrogen) atoms. The lowest BCUT2D eigenvalue weighted by atomic mass is 9.65. The molecule has 1 aromatic rings. The number of halogens is 2. The monoisotopic (exact) mass is 372 g/mol. The summed E-state index contributed by atoms with van der Waals surface area (Å²) in [5, 5.41) is 3.01. The number of carbonyl (C=O) groups excluding carboxylic acids is 1. The van der Waals surface area contributed by atoms with E-state index in [4.69, 9.17) is 5.73 Å². The summed E-state index contributed by atoms with van der Waals surface area (Å²) in [6, 6.07) is 5.02. The first kappa shape index (κ1) is 19.5. The van der Waals surface area contributed by atoms with Crippen molar-refractivity contribution in [1.82, 2.24) is 5.32 Å². The van der Waals surface area contributed by atoms with Gasteiger partial charge in [0.1, 0.15) is 5.82 Å². The molecule has 0 saturated heterocycles. The zero-order valence-electron chi connectivity index (χ0n) is 14.0. The number of nitrogens with two attached hydrogens (primary N) is 1. The van der Waals surface area contributed by atoms with E-state index in [1.54, 1.807) is 17.8 Å². The fraction of sp³-hybridized carbons (Fsp3) is 0.611. The normalized spacial score (nSPS) is 28.8. The number of nitrogens with one attached hydrogen (secondary N) is 1. The summed E-state index contributed by atoms with van der Waals surface area (Å²) in [7, 11) is 0. The first-order valence-corrected chi connectivity index (χ1v) is 9.66. The van der Waals surface area contributed by atoms with Crippen molar-refractivity contribution in [3.05, 3.63) is 29.6 Å². The first-order valence-electron chi connectivity index (χ1n) is 8.44. The highest BCUT2D eigenvalue weighted by molar-refractivity contribution is 7.98. The van der Waals surface area contributed by atoms with Crippen molar-refractivity contribution in [2.75, 3.05) is 6.26 Å². The molecule has 2 unspecified atom stereocenters. The Kier molecular flexibility index (Phi) is 6.96. The molecule has 0 radical (unpaired) electrons. The fourth-order valence-electron chi connectivity index (χ4n) is 4.22. The molecule has 2 saturated carbocycles. The molecule has 134 valence electrons. The number of hydrogen-bond donors (Lipinski definition) is 2. The number of carbonyl (C=O) groups is 1. The summed E-state index contributed by atoms with van der Waals surface area (Å²) in [6.45, 7) is 0.394. The van der Waals surface area contributed by atoms with Crippen molar-refractivity contribution in [3.8, 4) is 0 Å². The lowest BCUT2D eigenvalue weighted by Crippen LogP contribution is -2.49. The van der Waals surface area contributed by atoms with Crippen molar-refractivity contribution in [1.29, 1.82) is 0 Å². The lowest BCUT2D eigenvalue weighted by molar-refractivity contribution is -0.128. The average Bonchev–Trinajstić information content (AvgIpc) is 2.52. The van der Waals surface area contributed by atoms with E-state index in [9.17, 15) is 9.18 Å². The van der Waals surface area contributed by atoms with E-state index >= 15 is 0 Å². The van der Waals surface area contributed by atoms with E-state index in [2.05, 4.69) is 5.32 Å². The lowest BCUT2D eigenvalue weighted by Gasteiger charge is -2.43. The van der Waals surface area contributed by atoms with Gasteiger partial charge in [-0.25, -0.2) is 4.39 Å². The molecular formula is C18H26ClFN2OS. The highest BCUT2D eigenvalue weighted by Crippen LogP contribution is 2.41. The summed E-state index contributed by atoms with van der Waals surface area (Å²) >= 11 is 1.57. The van der Waals surface area contributed by atoms with Crippen LogP contribution in [0.15, 0.2) is 23.1 Å². The van der Waals surface area contributed by atoms with Crippen LogP contribution >= 0.6 is 24.2 Å². The molecule has 3 nitrogen and oxygen atoms in total. The highest BCUT2D eigenvalue weighted by atomic mass is 35.5. The maximum Gasteiger partial charge on any atom is 0.223 e. The van der Waals surface area contributed by atoms with Crippen LogP contribution < -0.4 is 11.1 Å². The van der Waals surface area contributed by atoms with E-state index < -0.39 is 0 Å². The third-order valence-electron chi connectivity index (χ3n) is 5.48. The second kappa shape index (κ2) is 8.54. The van der Waals surface area contributed by atoms with E-state index in [0.717, 1.165) is 36.1 Å². The molecule has 3 rings (SSSR count). The van der Waals surface area contributed by atoms with Gasteiger partial charge in [0, 0.05) is 23.4 Å². The maximum absolute atomic E-state index is 13.4. The number of rotatable bonds is 4. The topological polar surface area (TPSA) is 55.1 Å². The summed E-state index contributed by atoms with van der Waals surface area (Å²) in [6.07, 6.45) is 7.33. The number of benzene rings is 1. The Labute approximate surface area is 153 Å². The summed E-state index contributed by atoms with van der Waals surface area (Å²) in [5.74, 6) is 0.898. The van der Waals surface area contributed by atoms with Crippen LogP contribution in [-0.4, -0.2) is 18.2 Å². The van der Waals surface area contributed by atoms with Crippen LogP contribution in [0.1, 0.15) is 37.7 Å². The van der Waals surface area contributed by atoms with Crippen LogP contribution in [0.2, 0.25) is 0 Å². The Morgan fingerprint density at radius 3 is 2.62 bits per heavy atom. The molecular weight excluding hydrogens is 347 g/mol. The van der Waals surface area contributed by atoms with Gasteiger partial charge in [-0.1, -0.05) is 6.42 Å². The minimum Gasteiger partial charge on any atom is -0.352 e. The molecule has 2 aliphatic carbocycles. The van der Waals surface area contributed by atoms with E-state index in [0.29, 0.717) is 18.4 Å². The number of hydrogen-bond acceptors (Lipinski definition) is 3. The van der Waals surface area contributed by atoms with Gasteiger partial charge in [-0.05, 0) is 67.5 Å². The number of thioether (sulfide) groups is 1. The van der Waals surface area contributed by atoms with Gasteiger partial charge >= 0.3 is 0 Å². The molecule has 3 N–H and O–H groups in total. The Morgan fingerprint density at radius 1 is 1.33 bits per heavy atom. The van der Waals surface area contributed by atoms with Gasteiger partial charge in [0.05, 0.1) is 0 Å². The molecule has 0 spiro atoms. The van der Waals surface area contributed by atoms with Gasteiger partial charge in [-0.3, -0.25) is 4.79 Å². The van der Waals surface area contributed by atoms with Gasteiger partial charge in [0.25, 0.3) is 0 Å². The van der Waals surface area contributed by atoms with Crippen LogP contribution in [0.25, 0.3) is 0 Å². The van der Waals surface area contributed by atoms with Gasteiger partial charge in [0.2, 0.25) is 5.91 Å². The second-order valence-electron chi connectivity index (χ2n) is 6.87. The van der Waals surface area contributed by atoms with Gasteiger partial charge in [0.15, 0.2) is 0 Å². The van der Waals surface area contributed by atoms with Gasteiger partial charge < -0.3 is 11.1 Å². The predicted molar refractivity (Wildman–Crippen MR) is 98.8 cm³/mol. The van der Waals surface area contributed by atoms with E-state index in [-0.39, 0.29) is 36.1 Å². The fourth-order valence-corrected chi connectivity index (χ4v) is 4.81. The van der Waals surface area contributed by atoms with Gasteiger partial charge in [-0.2, -0.15) is 0 Å². The van der Waals surface area contributed by atoms with E-state index in [1.165, 1.54) is 18.6 Å². The largest absolute Gasteiger partial charge is 0.352 e. The smallest absolute Gasteiger partial charge is 0.223 e. The molecule has 2 aliphatic rings. The molecule has 2 bridgehead atoms.